The van der Waals surface area contributed by atoms with E-state index in [1.807, 2.05) is 72.8 Å². The number of carbonyl (C=O) groups excluding carboxylic acids is 2. The molecule has 0 saturated carbocycles. The second-order valence-electron chi connectivity index (χ2n) is 12.1. The van der Waals surface area contributed by atoms with Crippen LogP contribution < -0.4 is 24.3 Å². The number of nitrogens with zero attached hydrogens (tertiary/aromatic N) is 1. The first kappa shape index (κ1) is 34.4. The number of rotatable bonds is 15. The fourth-order valence-corrected chi connectivity index (χ4v) is 6.24. The van der Waals surface area contributed by atoms with Gasteiger partial charge in [-0.2, -0.15) is 0 Å². The zero-order chi connectivity index (χ0) is 34.2. The van der Waals surface area contributed by atoms with E-state index in [4.69, 9.17) is 42.1 Å². The van der Waals surface area contributed by atoms with Crippen LogP contribution in [0.1, 0.15) is 35.1 Å². The molecule has 2 heterocycles. The number of hydrogen-bond donors (Lipinski definition) is 2. The normalized spacial score (nSPS) is 13.9. The lowest BCUT2D eigenvalue weighted by Crippen LogP contribution is -2.51. The molecule has 0 aliphatic carbocycles. The van der Waals surface area contributed by atoms with Gasteiger partial charge in [0.25, 0.3) is 0 Å². The van der Waals surface area contributed by atoms with Crippen LogP contribution in [0.3, 0.4) is 0 Å². The Morgan fingerprint density at radius 1 is 0.694 bits per heavy atom. The summed E-state index contributed by atoms with van der Waals surface area (Å²) >= 11 is 12.3. The molecule has 2 amide bonds. The van der Waals surface area contributed by atoms with Crippen molar-refractivity contribution in [3.05, 3.63) is 117 Å². The van der Waals surface area contributed by atoms with Gasteiger partial charge in [0.1, 0.15) is 0 Å². The average molecular weight is 706 g/mol. The summed E-state index contributed by atoms with van der Waals surface area (Å²) in [7, 11) is 0. The first-order valence-electron chi connectivity index (χ1n) is 16.3. The molecule has 0 bridgehead atoms. The Balaban J connectivity index is 1.14. The van der Waals surface area contributed by atoms with Crippen LogP contribution in [0.25, 0.3) is 0 Å². The van der Waals surface area contributed by atoms with Gasteiger partial charge in [0.2, 0.25) is 25.4 Å². The molecule has 2 atom stereocenters. The summed E-state index contributed by atoms with van der Waals surface area (Å²) < 4.78 is 21.9. The Labute approximate surface area is 295 Å². The monoisotopic (exact) mass is 704 g/mol. The van der Waals surface area contributed by atoms with Crippen molar-refractivity contribution in [3.63, 3.8) is 0 Å². The fourth-order valence-electron chi connectivity index (χ4n) is 5.92. The van der Waals surface area contributed by atoms with Gasteiger partial charge in [-0.3, -0.25) is 9.59 Å². The van der Waals surface area contributed by atoms with Crippen LogP contribution in [0, 0.1) is 0 Å². The van der Waals surface area contributed by atoms with Gasteiger partial charge < -0.3 is 34.3 Å². The second kappa shape index (κ2) is 16.3. The average Bonchev–Trinajstić information content (AvgIpc) is 3.79. The zero-order valence-electron chi connectivity index (χ0n) is 26.9. The van der Waals surface area contributed by atoms with E-state index in [2.05, 4.69) is 5.32 Å². The van der Waals surface area contributed by atoms with Gasteiger partial charge in [-0.05, 0) is 84.3 Å². The van der Waals surface area contributed by atoms with Gasteiger partial charge in [-0.1, -0.05) is 71.7 Å². The molecule has 4 aromatic carbocycles. The molecule has 0 fully saturated rings. The predicted molar refractivity (Wildman–Crippen MR) is 187 cm³/mol. The van der Waals surface area contributed by atoms with E-state index in [0.717, 1.165) is 22.3 Å². The zero-order valence-corrected chi connectivity index (χ0v) is 28.4. The molecule has 6 rings (SSSR count). The van der Waals surface area contributed by atoms with Crippen molar-refractivity contribution in [2.45, 2.75) is 50.7 Å². The molecule has 11 heteroatoms. The van der Waals surface area contributed by atoms with E-state index in [0.29, 0.717) is 65.3 Å². The number of nitrogens with one attached hydrogen (secondary N) is 1. The predicted octanol–water partition coefficient (Wildman–Crippen LogP) is 6.18. The SMILES string of the molecule is O=C(CCc1ccc2c(c1)OCO2)N[C@@H](Cc1ccccc1)[C@@H](O)CN(CCc1ccc2c(c1)OCO2)C(=O)CCc1ccc(Cl)c(Cl)c1. The molecule has 49 heavy (non-hydrogen) atoms. The minimum atomic E-state index is -1.04. The molecule has 256 valence electrons. The highest BCUT2D eigenvalue weighted by molar-refractivity contribution is 6.42. The van der Waals surface area contributed by atoms with E-state index in [-0.39, 0.29) is 44.8 Å². The third-order valence-corrected chi connectivity index (χ3v) is 9.41. The lowest BCUT2D eigenvalue weighted by atomic mass is 9.99. The van der Waals surface area contributed by atoms with E-state index in [1.54, 1.807) is 17.0 Å². The summed E-state index contributed by atoms with van der Waals surface area (Å²) in [4.78, 5) is 28.7. The van der Waals surface area contributed by atoms with Crippen LogP contribution in [-0.4, -0.2) is 60.6 Å². The third kappa shape index (κ3) is 9.38. The molecule has 0 saturated heterocycles. The molecule has 0 spiro atoms. The van der Waals surface area contributed by atoms with Gasteiger partial charge in [-0.15, -0.1) is 0 Å². The third-order valence-electron chi connectivity index (χ3n) is 8.67. The number of amides is 2. The van der Waals surface area contributed by atoms with Gasteiger partial charge >= 0.3 is 0 Å². The minimum absolute atomic E-state index is 0.0324. The summed E-state index contributed by atoms with van der Waals surface area (Å²) in [5, 5.41) is 15.6. The van der Waals surface area contributed by atoms with Crippen LogP contribution in [0.5, 0.6) is 23.0 Å². The maximum Gasteiger partial charge on any atom is 0.231 e. The maximum atomic E-state index is 13.8. The number of benzene rings is 4. The van der Waals surface area contributed by atoms with Crippen molar-refractivity contribution in [1.82, 2.24) is 10.2 Å². The highest BCUT2D eigenvalue weighted by Crippen LogP contribution is 2.34. The van der Waals surface area contributed by atoms with E-state index < -0.39 is 12.1 Å². The van der Waals surface area contributed by atoms with Crippen molar-refractivity contribution < 1.29 is 33.6 Å². The Morgan fingerprint density at radius 3 is 1.96 bits per heavy atom. The molecule has 2 aliphatic heterocycles. The molecular weight excluding hydrogens is 667 g/mol. The number of fused-ring (bicyclic) bond motifs is 2. The standard InChI is InChI=1S/C38H38Cl2N2O7/c39-29-11-6-26(18-30(29)40)10-15-38(45)42(17-16-28-8-13-34-36(21-28)49-24-47-34)22-32(43)31(19-25-4-2-1-3-5-25)41-37(44)14-9-27-7-12-33-35(20-27)48-23-46-33/h1-8,11-13,18,20-21,31-32,43H,9-10,14-17,19,22-24H2,(H,41,44)/t31-,32-/m0/s1. The van der Waals surface area contributed by atoms with Crippen LogP contribution in [0.15, 0.2) is 84.9 Å². The molecule has 0 radical (unpaired) electrons. The topological polar surface area (TPSA) is 107 Å². The molecule has 2 N–H and O–H groups in total. The number of carbonyl (C=O) groups is 2. The smallest absolute Gasteiger partial charge is 0.231 e. The summed E-state index contributed by atoms with van der Waals surface area (Å²) in [6, 6.07) is 25.7. The number of aliphatic hydroxyl groups excluding tert-OH is 1. The van der Waals surface area contributed by atoms with Gasteiger partial charge in [0.15, 0.2) is 23.0 Å². The van der Waals surface area contributed by atoms with Crippen molar-refractivity contribution in [2.75, 3.05) is 26.7 Å². The van der Waals surface area contributed by atoms with Gasteiger partial charge in [0, 0.05) is 25.9 Å². The Hall–Kier alpha value is -4.44. The molecular formula is C38H38Cl2N2O7. The van der Waals surface area contributed by atoms with Crippen LogP contribution in [-0.2, 0) is 35.3 Å². The highest BCUT2D eigenvalue weighted by Gasteiger charge is 2.27. The van der Waals surface area contributed by atoms with E-state index >= 15 is 0 Å². The van der Waals surface area contributed by atoms with Crippen LogP contribution in [0.2, 0.25) is 10.0 Å². The van der Waals surface area contributed by atoms with Gasteiger partial charge in [-0.25, -0.2) is 0 Å². The highest BCUT2D eigenvalue weighted by atomic mass is 35.5. The fraction of sp³-hybridized carbons (Fsp3) is 0.316. The Kier molecular flexibility index (Phi) is 11.5. The first-order valence-corrected chi connectivity index (χ1v) is 17.1. The number of halogens is 2. The van der Waals surface area contributed by atoms with E-state index in [1.165, 1.54) is 0 Å². The van der Waals surface area contributed by atoms with Crippen molar-refractivity contribution in [2.24, 2.45) is 0 Å². The lowest BCUT2D eigenvalue weighted by molar-refractivity contribution is -0.133. The van der Waals surface area contributed by atoms with Crippen LogP contribution >= 0.6 is 23.2 Å². The van der Waals surface area contributed by atoms with E-state index in [9.17, 15) is 14.7 Å². The van der Waals surface area contributed by atoms with Crippen molar-refractivity contribution in [3.8, 4) is 23.0 Å². The molecule has 9 nitrogen and oxygen atoms in total. The van der Waals surface area contributed by atoms with Gasteiger partial charge in [0.05, 0.1) is 22.2 Å². The lowest BCUT2D eigenvalue weighted by Gasteiger charge is -2.31. The molecule has 0 unspecified atom stereocenters. The van der Waals surface area contributed by atoms with Crippen LogP contribution in [0.4, 0.5) is 0 Å². The number of aliphatic hydroxyl groups is 1. The molecule has 4 aromatic rings. The molecule has 2 aliphatic rings. The first-order chi connectivity index (χ1) is 23.8. The summed E-state index contributed by atoms with van der Waals surface area (Å²) in [6.07, 6.45) is 1.26. The molecule has 0 aromatic heterocycles. The maximum absolute atomic E-state index is 13.8. The number of hydrogen-bond acceptors (Lipinski definition) is 7. The largest absolute Gasteiger partial charge is 0.454 e. The van der Waals surface area contributed by atoms with Crippen molar-refractivity contribution in [1.29, 1.82) is 0 Å². The minimum Gasteiger partial charge on any atom is -0.454 e. The summed E-state index contributed by atoms with van der Waals surface area (Å²) in [5.74, 6) is 2.39. The number of ether oxygens (including phenoxy) is 4. The Morgan fingerprint density at radius 2 is 1.29 bits per heavy atom. The van der Waals surface area contributed by atoms with Crippen molar-refractivity contribution >= 4 is 35.0 Å². The number of aryl methyl sites for hydroxylation is 2. The quantitative estimate of drug-likeness (QED) is 0.152. The summed E-state index contributed by atoms with van der Waals surface area (Å²) in [6.45, 7) is 0.747. The Bertz CT molecular complexity index is 1770. The second-order valence-corrected chi connectivity index (χ2v) is 13.0. The summed E-state index contributed by atoms with van der Waals surface area (Å²) in [5.41, 5.74) is 3.76.